The van der Waals surface area contributed by atoms with Gasteiger partial charge in [-0.05, 0) is 44.2 Å². The first kappa shape index (κ1) is 19.6. The van der Waals surface area contributed by atoms with Crippen molar-refractivity contribution in [3.05, 3.63) is 17.5 Å². The van der Waals surface area contributed by atoms with Gasteiger partial charge < -0.3 is 20.3 Å². The number of rotatable bonds is 3. The minimum absolute atomic E-state index is 0.0169. The second-order valence-corrected chi connectivity index (χ2v) is 9.55. The van der Waals surface area contributed by atoms with Gasteiger partial charge in [-0.25, -0.2) is 9.97 Å². The average Bonchev–Trinajstić information content (AvgIpc) is 2.68. The monoisotopic (exact) mass is 387 g/mol. The van der Waals surface area contributed by atoms with Crippen molar-refractivity contribution in [3.63, 3.8) is 0 Å². The van der Waals surface area contributed by atoms with E-state index in [1.54, 1.807) is 0 Å². The number of hydrogen-bond donors (Lipinski definition) is 2. The van der Waals surface area contributed by atoms with Gasteiger partial charge in [0.05, 0.1) is 24.9 Å². The zero-order valence-electron chi connectivity index (χ0n) is 17.4. The molecule has 0 spiro atoms. The molecule has 1 amide bonds. The molecular formula is C21H33N5O2. The van der Waals surface area contributed by atoms with Crippen LogP contribution in [0.3, 0.4) is 0 Å². The maximum Gasteiger partial charge on any atom is 0.226 e. The number of aromatic nitrogens is 2. The SMILES string of the molecule is CC1(C)Cc2nc(N3CCOCC3)ncc2C(NC(=O)C2(C)CCNCC2)C1. The van der Waals surface area contributed by atoms with Gasteiger partial charge >= 0.3 is 0 Å². The van der Waals surface area contributed by atoms with Gasteiger partial charge in [-0.3, -0.25) is 4.79 Å². The highest BCUT2D eigenvalue weighted by Crippen LogP contribution is 2.41. The molecule has 1 atom stereocenters. The third-order valence-electron chi connectivity index (χ3n) is 6.52. The van der Waals surface area contributed by atoms with Gasteiger partial charge in [0.2, 0.25) is 11.9 Å². The molecule has 154 valence electrons. The van der Waals surface area contributed by atoms with Crippen LogP contribution in [0, 0.1) is 10.8 Å². The minimum atomic E-state index is -0.290. The molecule has 2 aliphatic heterocycles. The van der Waals surface area contributed by atoms with E-state index in [4.69, 9.17) is 9.72 Å². The summed E-state index contributed by atoms with van der Waals surface area (Å²) in [6.07, 6.45) is 5.54. The second-order valence-electron chi connectivity index (χ2n) is 9.55. The summed E-state index contributed by atoms with van der Waals surface area (Å²) in [5, 5.41) is 6.71. The molecule has 1 aromatic heterocycles. The lowest BCUT2D eigenvalue weighted by atomic mass is 9.73. The Labute approximate surface area is 167 Å². The lowest BCUT2D eigenvalue weighted by Gasteiger charge is -2.39. The zero-order valence-corrected chi connectivity index (χ0v) is 17.4. The van der Waals surface area contributed by atoms with Crippen LogP contribution in [0.5, 0.6) is 0 Å². The molecule has 4 rings (SSSR count). The van der Waals surface area contributed by atoms with Gasteiger partial charge in [-0.1, -0.05) is 20.8 Å². The number of nitrogens with zero attached hydrogens (tertiary/aromatic N) is 3. The fourth-order valence-electron chi connectivity index (χ4n) is 4.62. The topological polar surface area (TPSA) is 79.4 Å². The molecule has 0 saturated carbocycles. The summed E-state index contributed by atoms with van der Waals surface area (Å²) in [7, 11) is 0. The number of carbonyl (C=O) groups excluding carboxylic acids is 1. The Morgan fingerprint density at radius 1 is 1.25 bits per heavy atom. The Morgan fingerprint density at radius 3 is 2.68 bits per heavy atom. The maximum atomic E-state index is 13.1. The van der Waals surface area contributed by atoms with Crippen LogP contribution in [0.15, 0.2) is 6.20 Å². The smallest absolute Gasteiger partial charge is 0.226 e. The van der Waals surface area contributed by atoms with E-state index in [1.165, 1.54) is 0 Å². The number of ether oxygens (including phenoxy) is 1. The normalized spacial score (nSPS) is 26.4. The third-order valence-corrected chi connectivity index (χ3v) is 6.52. The fraction of sp³-hybridized carbons (Fsp3) is 0.762. The molecule has 1 unspecified atom stereocenters. The van der Waals surface area contributed by atoms with Crippen molar-refractivity contribution in [2.45, 2.75) is 52.5 Å². The Kier molecular flexibility index (Phi) is 5.31. The highest BCUT2D eigenvalue weighted by Gasteiger charge is 2.39. The summed E-state index contributed by atoms with van der Waals surface area (Å²) in [6, 6.07) is -0.0169. The van der Waals surface area contributed by atoms with Crippen molar-refractivity contribution in [3.8, 4) is 0 Å². The molecule has 0 radical (unpaired) electrons. The van der Waals surface area contributed by atoms with Gasteiger partial charge in [-0.2, -0.15) is 0 Å². The van der Waals surface area contributed by atoms with E-state index < -0.39 is 0 Å². The molecule has 3 aliphatic rings. The molecule has 1 aliphatic carbocycles. The molecular weight excluding hydrogens is 354 g/mol. The van der Waals surface area contributed by atoms with E-state index >= 15 is 0 Å². The van der Waals surface area contributed by atoms with Crippen LogP contribution in [0.2, 0.25) is 0 Å². The van der Waals surface area contributed by atoms with E-state index in [0.29, 0.717) is 0 Å². The number of morpholine rings is 1. The quantitative estimate of drug-likeness (QED) is 0.824. The van der Waals surface area contributed by atoms with Crippen molar-refractivity contribution in [2.24, 2.45) is 10.8 Å². The molecule has 2 fully saturated rings. The molecule has 2 N–H and O–H groups in total. The molecule has 28 heavy (non-hydrogen) atoms. The van der Waals surface area contributed by atoms with E-state index in [2.05, 4.69) is 41.3 Å². The van der Waals surface area contributed by atoms with E-state index in [1.807, 2.05) is 6.20 Å². The van der Waals surface area contributed by atoms with E-state index in [0.717, 1.165) is 82.3 Å². The van der Waals surface area contributed by atoms with Crippen LogP contribution in [-0.4, -0.2) is 55.3 Å². The molecule has 1 aromatic rings. The molecule has 7 heteroatoms. The Balaban J connectivity index is 1.56. The van der Waals surface area contributed by atoms with Crippen LogP contribution in [0.1, 0.15) is 57.3 Å². The summed E-state index contributed by atoms with van der Waals surface area (Å²) in [6.45, 7) is 11.5. The summed E-state index contributed by atoms with van der Waals surface area (Å²) < 4.78 is 5.45. The first-order chi connectivity index (χ1) is 13.4. The van der Waals surface area contributed by atoms with Crippen molar-refractivity contribution < 1.29 is 9.53 Å². The summed E-state index contributed by atoms with van der Waals surface area (Å²) >= 11 is 0. The van der Waals surface area contributed by atoms with E-state index in [9.17, 15) is 4.79 Å². The van der Waals surface area contributed by atoms with Gasteiger partial charge in [0.15, 0.2) is 0 Å². The number of amides is 1. The molecule has 3 heterocycles. The molecule has 7 nitrogen and oxygen atoms in total. The lowest BCUT2D eigenvalue weighted by molar-refractivity contribution is -0.132. The van der Waals surface area contributed by atoms with Crippen molar-refractivity contribution >= 4 is 11.9 Å². The number of anilines is 1. The number of fused-ring (bicyclic) bond motifs is 1. The van der Waals surface area contributed by atoms with Gasteiger partial charge in [0.25, 0.3) is 0 Å². The summed E-state index contributed by atoms with van der Waals surface area (Å²) in [4.78, 5) is 24.9. The number of nitrogens with one attached hydrogen (secondary N) is 2. The van der Waals surface area contributed by atoms with Crippen LogP contribution in [0.25, 0.3) is 0 Å². The number of piperidine rings is 1. The van der Waals surface area contributed by atoms with Crippen LogP contribution >= 0.6 is 0 Å². The summed E-state index contributed by atoms with van der Waals surface area (Å²) in [5.74, 6) is 0.954. The van der Waals surface area contributed by atoms with Crippen molar-refractivity contribution in [1.82, 2.24) is 20.6 Å². The Bertz CT molecular complexity index is 724. The van der Waals surface area contributed by atoms with Crippen LogP contribution in [-0.2, 0) is 16.0 Å². The Morgan fingerprint density at radius 2 is 1.96 bits per heavy atom. The van der Waals surface area contributed by atoms with Gasteiger partial charge in [0, 0.05) is 30.3 Å². The third kappa shape index (κ3) is 4.01. The van der Waals surface area contributed by atoms with E-state index in [-0.39, 0.29) is 22.8 Å². The van der Waals surface area contributed by atoms with Crippen LogP contribution in [0.4, 0.5) is 5.95 Å². The predicted molar refractivity (Wildman–Crippen MR) is 108 cm³/mol. The lowest BCUT2D eigenvalue weighted by Crippen LogP contribution is -2.48. The molecule has 0 aromatic carbocycles. The molecule has 0 bridgehead atoms. The number of hydrogen-bond acceptors (Lipinski definition) is 6. The summed E-state index contributed by atoms with van der Waals surface area (Å²) in [5.41, 5.74) is 1.97. The highest BCUT2D eigenvalue weighted by molar-refractivity contribution is 5.82. The zero-order chi connectivity index (χ0) is 19.8. The fourth-order valence-corrected chi connectivity index (χ4v) is 4.62. The van der Waals surface area contributed by atoms with Crippen LogP contribution < -0.4 is 15.5 Å². The van der Waals surface area contributed by atoms with Crippen molar-refractivity contribution in [2.75, 3.05) is 44.3 Å². The second kappa shape index (κ2) is 7.59. The standard InChI is InChI=1S/C21H33N5O2/c1-20(2)12-16(24-18(27)21(3)4-6-22-7-5-21)15-14-23-19(25-17(15)13-20)26-8-10-28-11-9-26/h14,16,22H,4-13H2,1-3H3,(H,24,27). The largest absolute Gasteiger partial charge is 0.378 e. The number of carbonyl (C=O) groups is 1. The van der Waals surface area contributed by atoms with Crippen molar-refractivity contribution in [1.29, 1.82) is 0 Å². The van der Waals surface area contributed by atoms with Gasteiger partial charge in [-0.15, -0.1) is 0 Å². The average molecular weight is 388 g/mol. The maximum absolute atomic E-state index is 13.1. The van der Waals surface area contributed by atoms with Gasteiger partial charge in [0.1, 0.15) is 0 Å². The first-order valence-corrected chi connectivity index (χ1v) is 10.6. The predicted octanol–water partition coefficient (Wildman–Crippen LogP) is 1.83. The Hall–Kier alpha value is -1.73. The molecule has 2 saturated heterocycles. The highest BCUT2D eigenvalue weighted by atomic mass is 16.5. The minimum Gasteiger partial charge on any atom is -0.378 e. The first-order valence-electron chi connectivity index (χ1n) is 10.6.